The van der Waals surface area contributed by atoms with Gasteiger partial charge < -0.3 is 5.73 Å². The van der Waals surface area contributed by atoms with E-state index in [0.29, 0.717) is 15.9 Å². The molecule has 4 heteroatoms. The zero-order valence-electron chi connectivity index (χ0n) is 10.5. The Hall–Kier alpha value is -0.900. The number of rotatable bonds is 3. The summed E-state index contributed by atoms with van der Waals surface area (Å²) in [5.41, 5.74) is 9.16. The van der Waals surface area contributed by atoms with Crippen LogP contribution in [0.5, 0.6) is 0 Å². The normalized spacial score (nSPS) is 12.5. The van der Waals surface area contributed by atoms with Crippen molar-refractivity contribution in [1.29, 1.82) is 0 Å². The lowest BCUT2D eigenvalue weighted by molar-refractivity contribution is 0.623. The highest BCUT2D eigenvalue weighted by atomic mass is 79.9. The Balaban J connectivity index is 2.23. The van der Waals surface area contributed by atoms with Crippen molar-refractivity contribution in [2.45, 2.75) is 19.4 Å². The van der Waals surface area contributed by atoms with Gasteiger partial charge in [-0.15, -0.1) is 0 Å². The molecule has 0 aliphatic heterocycles. The number of hydrogen-bond acceptors (Lipinski definition) is 1. The second kappa shape index (κ2) is 6.04. The molecule has 2 aromatic rings. The molecule has 0 radical (unpaired) electrons. The molecule has 0 bridgehead atoms. The topological polar surface area (TPSA) is 26.0 Å². The molecular weight excluding hydrogens is 329 g/mol. The number of benzene rings is 2. The lowest BCUT2D eigenvalue weighted by Crippen LogP contribution is -2.14. The number of aryl methyl sites for hydroxylation is 1. The monoisotopic (exact) mass is 341 g/mol. The van der Waals surface area contributed by atoms with Crippen molar-refractivity contribution in [3.05, 3.63) is 68.4 Å². The van der Waals surface area contributed by atoms with Crippen LogP contribution in [0.3, 0.4) is 0 Å². The molecule has 0 amide bonds. The Kier molecular flexibility index (Phi) is 4.61. The Morgan fingerprint density at radius 3 is 2.63 bits per heavy atom. The maximum Gasteiger partial charge on any atom is 0.124 e. The molecule has 0 aliphatic rings. The summed E-state index contributed by atoms with van der Waals surface area (Å²) in [5.74, 6) is -0.281. The number of hydrogen-bond donors (Lipinski definition) is 1. The fourth-order valence-corrected chi connectivity index (χ4v) is 2.92. The van der Waals surface area contributed by atoms with Crippen molar-refractivity contribution in [2.24, 2.45) is 5.73 Å². The number of nitrogens with two attached hydrogens (primary N) is 1. The van der Waals surface area contributed by atoms with Gasteiger partial charge in [-0.05, 0) is 48.2 Å². The highest BCUT2D eigenvalue weighted by Gasteiger charge is 2.13. The minimum Gasteiger partial charge on any atom is -0.324 e. The van der Waals surface area contributed by atoms with Gasteiger partial charge in [0, 0.05) is 15.5 Å². The third kappa shape index (κ3) is 3.56. The van der Waals surface area contributed by atoms with Crippen molar-refractivity contribution >= 4 is 27.5 Å². The van der Waals surface area contributed by atoms with Crippen molar-refractivity contribution < 1.29 is 4.39 Å². The molecule has 1 unspecified atom stereocenters. The quantitative estimate of drug-likeness (QED) is 0.852. The van der Waals surface area contributed by atoms with Crippen LogP contribution >= 0.6 is 27.5 Å². The van der Waals surface area contributed by atoms with Crippen LogP contribution in [0.15, 0.2) is 40.9 Å². The fourth-order valence-electron chi connectivity index (χ4n) is 1.97. The lowest BCUT2D eigenvalue weighted by Gasteiger charge is -2.15. The van der Waals surface area contributed by atoms with E-state index in [1.165, 1.54) is 12.1 Å². The van der Waals surface area contributed by atoms with Gasteiger partial charge in [-0.25, -0.2) is 4.39 Å². The third-order valence-electron chi connectivity index (χ3n) is 3.01. The smallest absolute Gasteiger partial charge is 0.124 e. The van der Waals surface area contributed by atoms with Crippen LogP contribution in [0.2, 0.25) is 5.02 Å². The highest BCUT2D eigenvalue weighted by Crippen LogP contribution is 2.28. The standard InChI is InChI=1S/C15H14BrClFN/c1-9-2-3-10(14(17)6-9)7-15(19)12-5-4-11(18)8-13(12)16/h2-6,8,15H,7,19H2,1H3. The Morgan fingerprint density at radius 2 is 2.00 bits per heavy atom. The molecule has 0 fully saturated rings. The van der Waals surface area contributed by atoms with Gasteiger partial charge in [-0.2, -0.15) is 0 Å². The van der Waals surface area contributed by atoms with E-state index in [-0.39, 0.29) is 11.9 Å². The Bertz CT molecular complexity index is 601. The van der Waals surface area contributed by atoms with Crippen molar-refractivity contribution in [3.8, 4) is 0 Å². The van der Waals surface area contributed by atoms with Crippen LogP contribution in [-0.4, -0.2) is 0 Å². The molecule has 0 aliphatic carbocycles. The minimum absolute atomic E-state index is 0.227. The molecule has 1 atom stereocenters. The van der Waals surface area contributed by atoms with E-state index in [0.717, 1.165) is 16.7 Å². The molecule has 2 rings (SSSR count). The average molecular weight is 343 g/mol. The van der Waals surface area contributed by atoms with Crippen LogP contribution < -0.4 is 5.73 Å². The molecule has 0 saturated carbocycles. The van der Waals surface area contributed by atoms with E-state index >= 15 is 0 Å². The SMILES string of the molecule is Cc1ccc(CC(N)c2ccc(F)cc2Br)c(Cl)c1. The first-order valence-electron chi connectivity index (χ1n) is 5.93. The van der Waals surface area contributed by atoms with Gasteiger partial charge in [-0.1, -0.05) is 45.7 Å². The minimum atomic E-state index is -0.281. The van der Waals surface area contributed by atoms with Gasteiger partial charge in [0.2, 0.25) is 0 Å². The first kappa shape index (κ1) is 14.5. The molecule has 0 aromatic heterocycles. The van der Waals surface area contributed by atoms with Crippen molar-refractivity contribution in [2.75, 3.05) is 0 Å². The van der Waals surface area contributed by atoms with Gasteiger partial charge in [0.1, 0.15) is 5.82 Å². The predicted octanol–water partition coefficient (Wildman–Crippen LogP) is 4.79. The van der Waals surface area contributed by atoms with Crippen LogP contribution in [0.1, 0.15) is 22.7 Å². The van der Waals surface area contributed by atoms with E-state index < -0.39 is 0 Å². The van der Waals surface area contributed by atoms with E-state index in [1.54, 1.807) is 6.07 Å². The number of halogens is 3. The molecule has 0 heterocycles. The van der Waals surface area contributed by atoms with Gasteiger partial charge in [0.15, 0.2) is 0 Å². The van der Waals surface area contributed by atoms with Crippen LogP contribution in [-0.2, 0) is 6.42 Å². The Morgan fingerprint density at radius 1 is 1.26 bits per heavy atom. The summed E-state index contributed by atoms with van der Waals surface area (Å²) in [5, 5.41) is 0.716. The third-order valence-corrected chi connectivity index (χ3v) is 4.05. The molecule has 2 N–H and O–H groups in total. The second-order valence-electron chi connectivity index (χ2n) is 4.57. The first-order chi connectivity index (χ1) is 8.97. The summed E-state index contributed by atoms with van der Waals surface area (Å²) in [6.07, 6.45) is 0.614. The van der Waals surface area contributed by atoms with Crippen LogP contribution in [0.4, 0.5) is 4.39 Å². The molecule has 100 valence electrons. The summed E-state index contributed by atoms with van der Waals surface area (Å²) < 4.78 is 13.7. The van der Waals surface area contributed by atoms with E-state index in [1.807, 2.05) is 25.1 Å². The molecule has 19 heavy (non-hydrogen) atoms. The molecule has 0 spiro atoms. The van der Waals surface area contributed by atoms with Crippen LogP contribution in [0, 0.1) is 12.7 Å². The van der Waals surface area contributed by atoms with Crippen LogP contribution in [0.25, 0.3) is 0 Å². The van der Waals surface area contributed by atoms with Gasteiger partial charge in [0.25, 0.3) is 0 Å². The lowest BCUT2D eigenvalue weighted by atomic mass is 9.99. The van der Waals surface area contributed by atoms with Crippen molar-refractivity contribution in [3.63, 3.8) is 0 Å². The van der Waals surface area contributed by atoms with E-state index in [2.05, 4.69) is 15.9 Å². The molecular formula is C15H14BrClFN. The van der Waals surface area contributed by atoms with E-state index in [4.69, 9.17) is 17.3 Å². The highest BCUT2D eigenvalue weighted by molar-refractivity contribution is 9.10. The summed E-state index contributed by atoms with van der Waals surface area (Å²) in [7, 11) is 0. The molecule has 0 saturated heterocycles. The zero-order valence-corrected chi connectivity index (χ0v) is 12.8. The largest absolute Gasteiger partial charge is 0.324 e. The second-order valence-corrected chi connectivity index (χ2v) is 5.83. The Labute approximate surface area is 125 Å². The van der Waals surface area contributed by atoms with E-state index in [9.17, 15) is 4.39 Å². The summed E-state index contributed by atoms with van der Waals surface area (Å²) >= 11 is 9.54. The zero-order chi connectivity index (χ0) is 14.0. The summed E-state index contributed by atoms with van der Waals surface area (Å²) in [6.45, 7) is 1.99. The maximum atomic E-state index is 13.1. The summed E-state index contributed by atoms with van der Waals surface area (Å²) in [4.78, 5) is 0. The molecule has 2 aromatic carbocycles. The molecule has 1 nitrogen and oxygen atoms in total. The summed E-state index contributed by atoms with van der Waals surface area (Å²) in [6, 6.07) is 10.2. The van der Waals surface area contributed by atoms with Gasteiger partial charge in [-0.3, -0.25) is 0 Å². The fraction of sp³-hybridized carbons (Fsp3) is 0.200. The maximum absolute atomic E-state index is 13.1. The first-order valence-corrected chi connectivity index (χ1v) is 7.10. The van der Waals surface area contributed by atoms with Gasteiger partial charge >= 0.3 is 0 Å². The predicted molar refractivity (Wildman–Crippen MR) is 80.9 cm³/mol. The average Bonchev–Trinajstić information content (AvgIpc) is 2.32. The van der Waals surface area contributed by atoms with Gasteiger partial charge in [0.05, 0.1) is 0 Å². The van der Waals surface area contributed by atoms with Crippen molar-refractivity contribution in [1.82, 2.24) is 0 Å².